The first-order valence-corrected chi connectivity index (χ1v) is 7.25. The lowest BCUT2D eigenvalue weighted by atomic mass is 9.99. The molecule has 4 heteroatoms. The normalized spacial score (nSPS) is 12.3. The van der Waals surface area contributed by atoms with Crippen molar-refractivity contribution in [3.8, 4) is 0 Å². The molecule has 2 aromatic rings. The molecule has 1 N–H and O–H groups in total. The van der Waals surface area contributed by atoms with Crippen molar-refractivity contribution < 1.29 is 8.78 Å². The fraction of sp³-hybridized carbons (Fsp3) is 0.353. The van der Waals surface area contributed by atoms with Crippen LogP contribution in [0.1, 0.15) is 24.5 Å². The molecule has 0 spiro atoms. The van der Waals surface area contributed by atoms with Gasteiger partial charge in [-0.15, -0.1) is 0 Å². The van der Waals surface area contributed by atoms with E-state index in [9.17, 15) is 8.78 Å². The fourth-order valence-electron chi connectivity index (χ4n) is 2.32. The van der Waals surface area contributed by atoms with Gasteiger partial charge in [0.1, 0.15) is 11.6 Å². The molecule has 0 radical (unpaired) electrons. The first kappa shape index (κ1) is 15.6. The summed E-state index contributed by atoms with van der Waals surface area (Å²) in [7, 11) is 0. The van der Waals surface area contributed by atoms with Gasteiger partial charge < -0.3 is 5.32 Å². The summed E-state index contributed by atoms with van der Waals surface area (Å²) in [5.74, 6) is -1.02. The van der Waals surface area contributed by atoms with Crippen LogP contribution in [0.4, 0.5) is 8.78 Å². The van der Waals surface area contributed by atoms with Gasteiger partial charge in [-0.3, -0.25) is 4.98 Å². The Balaban J connectivity index is 2.08. The second-order valence-corrected chi connectivity index (χ2v) is 5.15. The Morgan fingerprint density at radius 2 is 1.86 bits per heavy atom. The fourth-order valence-corrected chi connectivity index (χ4v) is 2.32. The maximum Gasteiger partial charge on any atom is 0.129 e. The minimum atomic E-state index is -0.538. The predicted octanol–water partition coefficient (Wildman–Crippen LogP) is 3.51. The van der Waals surface area contributed by atoms with Crippen LogP contribution >= 0.6 is 0 Å². The highest BCUT2D eigenvalue weighted by Crippen LogP contribution is 2.14. The molecule has 2 nitrogen and oxygen atoms in total. The Morgan fingerprint density at radius 3 is 2.52 bits per heavy atom. The van der Waals surface area contributed by atoms with Crippen molar-refractivity contribution >= 4 is 0 Å². The molecular formula is C17H20F2N2. The van der Waals surface area contributed by atoms with Crippen LogP contribution in [0, 0.1) is 11.6 Å². The van der Waals surface area contributed by atoms with Crippen molar-refractivity contribution in [1.82, 2.24) is 10.3 Å². The highest BCUT2D eigenvalue weighted by molar-refractivity contribution is 5.21. The first-order valence-electron chi connectivity index (χ1n) is 7.25. The Labute approximate surface area is 124 Å². The number of aromatic nitrogens is 1. The van der Waals surface area contributed by atoms with E-state index in [1.807, 2.05) is 12.1 Å². The zero-order valence-corrected chi connectivity index (χ0v) is 12.2. The van der Waals surface area contributed by atoms with Crippen LogP contribution in [0.25, 0.3) is 0 Å². The summed E-state index contributed by atoms with van der Waals surface area (Å²) >= 11 is 0. The van der Waals surface area contributed by atoms with E-state index in [0.29, 0.717) is 12.0 Å². The summed E-state index contributed by atoms with van der Waals surface area (Å²) < 4.78 is 26.8. The maximum atomic E-state index is 13.8. The monoisotopic (exact) mass is 290 g/mol. The van der Waals surface area contributed by atoms with Crippen molar-refractivity contribution in [2.45, 2.75) is 32.2 Å². The van der Waals surface area contributed by atoms with E-state index in [4.69, 9.17) is 0 Å². The van der Waals surface area contributed by atoms with Crippen molar-refractivity contribution in [3.63, 3.8) is 0 Å². The molecule has 0 bridgehead atoms. The highest BCUT2D eigenvalue weighted by Gasteiger charge is 2.13. The number of rotatable bonds is 7. The summed E-state index contributed by atoms with van der Waals surface area (Å²) in [4.78, 5) is 4.00. The van der Waals surface area contributed by atoms with E-state index in [1.165, 1.54) is 12.1 Å². The summed E-state index contributed by atoms with van der Waals surface area (Å²) in [5, 5.41) is 3.43. The topological polar surface area (TPSA) is 24.9 Å². The van der Waals surface area contributed by atoms with Crippen molar-refractivity contribution in [2.75, 3.05) is 6.54 Å². The van der Waals surface area contributed by atoms with Crippen molar-refractivity contribution in [1.29, 1.82) is 0 Å². The lowest BCUT2D eigenvalue weighted by Gasteiger charge is -2.19. The number of pyridine rings is 1. The Kier molecular flexibility index (Phi) is 5.81. The van der Waals surface area contributed by atoms with Gasteiger partial charge in [0.15, 0.2) is 0 Å². The molecule has 1 aromatic carbocycles. The molecular weight excluding hydrogens is 270 g/mol. The maximum absolute atomic E-state index is 13.8. The van der Waals surface area contributed by atoms with Crippen LogP contribution in [0.5, 0.6) is 0 Å². The summed E-state index contributed by atoms with van der Waals surface area (Å²) in [6.45, 7) is 2.97. The van der Waals surface area contributed by atoms with E-state index in [1.54, 1.807) is 12.4 Å². The molecule has 0 aliphatic carbocycles. The zero-order chi connectivity index (χ0) is 15.1. The van der Waals surface area contributed by atoms with E-state index >= 15 is 0 Å². The number of benzene rings is 1. The molecule has 0 fully saturated rings. The van der Waals surface area contributed by atoms with E-state index < -0.39 is 11.6 Å². The average Bonchev–Trinajstić information content (AvgIpc) is 2.48. The number of hydrogen-bond donors (Lipinski definition) is 1. The van der Waals surface area contributed by atoms with Gasteiger partial charge in [0, 0.05) is 24.5 Å². The Hall–Kier alpha value is -1.81. The Morgan fingerprint density at radius 1 is 1.10 bits per heavy atom. The van der Waals surface area contributed by atoms with Gasteiger partial charge in [0.25, 0.3) is 0 Å². The molecule has 0 saturated heterocycles. The van der Waals surface area contributed by atoms with Crippen molar-refractivity contribution in [3.05, 3.63) is 65.5 Å². The second kappa shape index (κ2) is 7.84. The minimum Gasteiger partial charge on any atom is -0.313 e. The molecule has 112 valence electrons. The molecule has 1 heterocycles. The molecule has 0 saturated carbocycles. The molecule has 0 aliphatic rings. The van der Waals surface area contributed by atoms with Crippen LogP contribution in [-0.4, -0.2) is 17.6 Å². The van der Waals surface area contributed by atoms with Crippen LogP contribution in [0.3, 0.4) is 0 Å². The lowest BCUT2D eigenvalue weighted by Crippen LogP contribution is -2.34. The quantitative estimate of drug-likeness (QED) is 0.844. The predicted molar refractivity (Wildman–Crippen MR) is 80.1 cm³/mol. The molecule has 0 aliphatic heterocycles. The smallest absolute Gasteiger partial charge is 0.129 e. The van der Waals surface area contributed by atoms with Crippen LogP contribution < -0.4 is 5.32 Å². The number of hydrogen-bond acceptors (Lipinski definition) is 2. The van der Waals surface area contributed by atoms with Gasteiger partial charge in [-0.1, -0.05) is 13.0 Å². The number of halogens is 2. The molecule has 1 atom stereocenters. The third-order valence-electron chi connectivity index (χ3n) is 3.40. The number of nitrogens with one attached hydrogen (secondary N) is 1. The number of nitrogens with zero attached hydrogens (tertiary/aromatic N) is 1. The summed E-state index contributed by atoms with van der Waals surface area (Å²) in [6.07, 6.45) is 5.85. The zero-order valence-electron chi connectivity index (χ0n) is 12.2. The van der Waals surface area contributed by atoms with Crippen LogP contribution in [0.15, 0.2) is 42.7 Å². The first-order chi connectivity index (χ1) is 10.2. The van der Waals surface area contributed by atoms with Gasteiger partial charge in [0.2, 0.25) is 0 Å². The van der Waals surface area contributed by atoms with Gasteiger partial charge >= 0.3 is 0 Å². The van der Waals surface area contributed by atoms with Crippen molar-refractivity contribution in [2.24, 2.45) is 0 Å². The third-order valence-corrected chi connectivity index (χ3v) is 3.40. The standard InChI is InChI=1S/C17H20F2N2/c1-2-7-21-16(10-13-5-8-20-9-6-13)11-14-3-4-15(18)12-17(14)19/h3-6,8-9,12,16,21H,2,7,10-11H2,1H3. The molecule has 0 amide bonds. The largest absolute Gasteiger partial charge is 0.313 e. The van der Waals surface area contributed by atoms with Crippen LogP contribution in [-0.2, 0) is 12.8 Å². The van der Waals surface area contributed by atoms with Crippen LogP contribution in [0.2, 0.25) is 0 Å². The van der Waals surface area contributed by atoms with E-state index in [0.717, 1.165) is 31.0 Å². The van der Waals surface area contributed by atoms with E-state index in [-0.39, 0.29) is 6.04 Å². The van der Waals surface area contributed by atoms with Gasteiger partial charge in [0.05, 0.1) is 0 Å². The molecule has 1 unspecified atom stereocenters. The van der Waals surface area contributed by atoms with Gasteiger partial charge in [-0.05, 0) is 55.1 Å². The minimum absolute atomic E-state index is 0.118. The Bertz CT molecular complexity index is 558. The van der Waals surface area contributed by atoms with E-state index in [2.05, 4.69) is 17.2 Å². The van der Waals surface area contributed by atoms with Gasteiger partial charge in [-0.25, -0.2) is 8.78 Å². The SMILES string of the molecule is CCCNC(Cc1ccncc1)Cc1ccc(F)cc1F. The lowest BCUT2D eigenvalue weighted by molar-refractivity contribution is 0.489. The second-order valence-electron chi connectivity index (χ2n) is 5.15. The molecule has 2 rings (SSSR count). The third kappa shape index (κ3) is 4.90. The summed E-state index contributed by atoms with van der Waals surface area (Å²) in [6, 6.07) is 7.81. The average molecular weight is 290 g/mol. The highest BCUT2D eigenvalue weighted by atomic mass is 19.1. The summed E-state index contributed by atoms with van der Waals surface area (Å²) in [5.41, 5.74) is 1.69. The molecule has 1 aromatic heterocycles. The molecule has 21 heavy (non-hydrogen) atoms. The van der Waals surface area contributed by atoms with Gasteiger partial charge in [-0.2, -0.15) is 0 Å².